The van der Waals surface area contributed by atoms with Crippen molar-refractivity contribution in [3.63, 3.8) is 0 Å². The van der Waals surface area contributed by atoms with E-state index in [1.807, 2.05) is 64.2 Å². The number of benzene rings is 2. The Balaban J connectivity index is 1.56. The van der Waals surface area contributed by atoms with Gasteiger partial charge in [-0.15, -0.1) is 23.1 Å². The molecule has 4 aromatic rings. The van der Waals surface area contributed by atoms with Crippen LogP contribution in [0, 0.1) is 0 Å². The molecule has 1 atom stereocenters. The molecule has 0 saturated carbocycles. The Labute approximate surface area is 177 Å². The van der Waals surface area contributed by atoms with E-state index in [9.17, 15) is 4.79 Å². The van der Waals surface area contributed by atoms with Crippen LogP contribution in [0.5, 0.6) is 0 Å². The fourth-order valence-electron chi connectivity index (χ4n) is 3.55. The Morgan fingerprint density at radius 1 is 0.966 bits per heavy atom. The van der Waals surface area contributed by atoms with Gasteiger partial charge in [0.1, 0.15) is 11.1 Å². The fraction of sp³-hybridized carbons (Fsp3) is 0.130. The summed E-state index contributed by atoms with van der Waals surface area (Å²) >= 11 is 3.35. The molecule has 6 heteroatoms. The Kier molecular flexibility index (Phi) is 4.96. The van der Waals surface area contributed by atoms with E-state index in [2.05, 4.69) is 29.8 Å². The van der Waals surface area contributed by atoms with E-state index in [0.29, 0.717) is 12.3 Å². The molecule has 1 amide bonds. The predicted molar refractivity (Wildman–Crippen MR) is 119 cm³/mol. The van der Waals surface area contributed by atoms with E-state index in [0.717, 1.165) is 27.4 Å². The molecule has 1 aliphatic rings. The Hall–Kier alpha value is -2.83. The topological polar surface area (TPSA) is 38.1 Å². The number of rotatable bonds is 5. The highest BCUT2D eigenvalue weighted by molar-refractivity contribution is 8.00. The number of thiophene rings is 1. The number of nitrogens with zero attached hydrogens (tertiary/aromatic N) is 3. The number of hydrogen-bond acceptors (Lipinski definition) is 4. The van der Waals surface area contributed by atoms with E-state index in [1.54, 1.807) is 23.1 Å². The van der Waals surface area contributed by atoms with E-state index in [1.165, 1.54) is 0 Å². The number of para-hydroxylation sites is 1. The van der Waals surface area contributed by atoms with Crippen molar-refractivity contribution in [1.82, 2.24) is 14.7 Å². The van der Waals surface area contributed by atoms with Crippen molar-refractivity contribution in [3.05, 3.63) is 95.5 Å². The molecule has 0 aliphatic carbocycles. The van der Waals surface area contributed by atoms with Crippen LogP contribution in [0.3, 0.4) is 0 Å². The Bertz CT molecular complexity index is 1110. The highest BCUT2D eigenvalue weighted by atomic mass is 32.2. The van der Waals surface area contributed by atoms with E-state index >= 15 is 0 Å². The van der Waals surface area contributed by atoms with Gasteiger partial charge in [0.15, 0.2) is 0 Å². The summed E-state index contributed by atoms with van der Waals surface area (Å²) < 4.78 is 1.93. The third kappa shape index (κ3) is 3.61. The molecular formula is C23H19N3OS2. The van der Waals surface area contributed by atoms with Crippen LogP contribution >= 0.6 is 23.1 Å². The normalized spacial score (nSPS) is 16.5. The van der Waals surface area contributed by atoms with Crippen molar-refractivity contribution in [2.24, 2.45) is 0 Å². The molecule has 5 rings (SSSR count). The summed E-state index contributed by atoms with van der Waals surface area (Å²) in [6, 6.07) is 24.4. The van der Waals surface area contributed by atoms with E-state index in [-0.39, 0.29) is 11.3 Å². The maximum absolute atomic E-state index is 12.7. The highest BCUT2D eigenvalue weighted by Crippen LogP contribution is 2.44. The van der Waals surface area contributed by atoms with Gasteiger partial charge in [0.2, 0.25) is 5.91 Å². The maximum Gasteiger partial charge on any atom is 0.234 e. The maximum atomic E-state index is 12.7. The molecule has 1 fully saturated rings. The molecule has 1 saturated heterocycles. The molecule has 2 aromatic heterocycles. The number of thioether (sulfide) groups is 1. The van der Waals surface area contributed by atoms with Crippen molar-refractivity contribution in [3.8, 4) is 16.3 Å². The monoisotopic (exact) mass is 417 g/mol. The van der Waals surface area contributed by atoms with Crippen molar-refractivity contribution in [1.29, 1.82) is 0 Å². The van der Waals surface area contributed by atoms with Crippen LogP contribution in [0.1, 0.15) is 16.5 Å². The van der Waals surface area contributed by atoms with Crippen LogP contribution in [-0.2, 0) is 11.3 Å². The van der Waals surface area contributed by atoms with Crippen LogP contribution in [0.15, 0.2) is 84.4 Å². The lowest BCUT2D eigenvalue weighted by Crippen LogP contribution is -2.27. The second kappa shape index (κ2) is 7.89. The summed E-state index contributed by atoms with van der Waals surface area (Å²) in [6.45, 7) is 0.609. The SMILES string of the molecule is O=C1CS[C@H](c2cn(-c3ccccc3)nc2-c2cccs2)N1Cc1ccccc1. The number of carbonyl (C=O) groups is 1. The smallest absolute Gasteiger partial charge is 0.234 e. The molecule has 2 aromatic carbocycles. The molecule has 0 spiro atoms. The second-order valence-corrected chi connectivity index (χ2v) is 8.88. The molecule has 4 nitrogen and oxygen atoms in total. The van der Waals surface area contributed by atoms with Crippen molar-refractivity contribution < 1.29 is 4.79 Å². The molecule has 3 heterocycles. The second-order valence-electron chi connectivity index (χ2n) is 6.86. The number of carbonyl (C=O) groups excluding carboxylic acids is 1. The van der Waals surface area contributed by atoms with E-state index in [4.69, 9.17) is 5.10 Å². The Morgan fingerprint density at radius 2 is 1.72 bits per heavy atom. The standard InChI is InChI=1S/C23H19N3OS2/c27-21-16-29-23(25(21)14-17-8-3-1-4-9-17)19-15-26(18-10-5-2-6-11-18)24-22(19)20-12-7-13-28-20/h1-13,15,23H,14,16H2/t23-/m1/s1. The molecule has 0 N–H and O–H groups in total. The largest absolute Gasteiger partial charge is 0.321 e. The van der Waals surface area contributed by atoms with Crippen LogP contribution in [0.4, 0.5) is 0 Å². The first-order valence-corrected chi connectivity index (χ1v) is 11.4. The van der Waals surface area contributed by atoms with Gasteiger partial charge in [-0.25, -0.2) is 4.68 Å². The van der Waals surface area contributed by atoms with Crippen molar-refractivity contribution in [2.75, 3.05) is 5.75 Å². The minimum atomic E-state index is -0.0442. The minimum Gasteiger partial charge on any atom is -0.321 e. The van der Waals surface area contributed by atoms with Gasteiger partial charge >= 0.3 is 0 Å². The summed E-state index contributed by atoms with van der Waals surface area (Å²) in [4.78, 5) is 15.8. The lowest BCUT2D eigenvalue weighted by atomic mass is 10.1. The first-order chi connectivity index (χ1) is 14.3. The van der Waals surface area contributed by atoms with Gasteiger partial charge < -0.3 is 4.90 Å². The molecule has 0 radical (unpaired) electrons. The fourth-order valence-corrected chi connectivity index (χ4v) is 5.47. The zero-order valence-electron chi connectivity index (χ0n) is 15.6. The average Bonchev–Trinajstić information content (AvgIpc) is 3.50. The van der Waals surface area contributed by atoms with Crippen LogP contribution in [-0.4, -0.2) is 26.3 Å². The van der Waals surface area contributed by atoms with Crippen LogP contribution in [0.25, 0.3) is 16.3 Å². The number of aromatic nitrogens is 2. The van der Waals surface area contributed by atoms with Crippen molar-refractivity contribution >= 4 is 29.0 Å². The summed E-state index contributed by atoms with van der Waals surface area (Å²) in [5.74, 6) is 0.672. The van der Waals surface area contributed by atoms with Gasteiger partial charge in [0.05, 0.1) is 16.3 Å². The molecule has 144 valence electrons. The molecule has 0 unspecified atom stereocenters. The zero-order valence-corrected chi connectivity index (χ0v) is 17.3. The average molecular weight is 418 g/mol. The highest BCUT2D eigenvalue weighted by Gasteiger charge is 2.36. The van der Waals surface area contributed by atoms with Gasteiger partial charge in [-0.2, -0.15) is 5.10 Å². The summed E-state index contributed by atoms with van der Waals surface area (Å²) in [5, 5.41) is 6.93. The zero-order chi connectivity index (χ0) is 19.6. The number of amides is 1. The summed E-state index contributed by atoms with van der Waals surface area (Å²) in [5.41, 5.74) is 4.19. The lowest BCUT2D eigenvalue weighted by Gasteiger charge is -2.24. The third-order valence-electron chi connectivity index (χ3n) is 4.95. The van der Waals surface area contributed by atoms with Gasteiger partial charge in [-0.3, -0.25) is 4.79 Å². The lowest BCUT2D eigenvalue weighted by molar-refractivity contribution is -0.128. The molecular weight excluding hydrogens is 398 g/mol. The van der Waals surface area contributed by atoms with Gasteiger partial charge in [0.25, 0.3) is 0 Å². The van der Waals surface area contributed by atoms with Crippen LogP contribution in [0.2, 0.25) is 0 Å². The molecule has 0 bridgehead atoms. The minimum absolute atomic E-state index is 0.0442. The quantitative estimate of drug-likeness (QED) is 0.438. The van der Waals surface area contributed by atoms with E-state index < -0.39 is 0 Å². The Morgan fingerprint density at radius 3 is 2.45 bits per heavy atom. The van der Waals surface area contributed by atoms with Crippen molar-refractivity contribution in [2.45, 2.75) is 11.9 Å². The first kappa shape index (κ1) is 18.2. The van der Waals surface area contributed by atoms with Gasteiger partial charge in [-0.05, 0) is 29.1 Å². The number of hydrogen-bond donors (Lipinski definition) is 0. The summed E-state index contributed by atoms with van der Waals surface area (Å²) in [6.07, 6.45) is 2.08. The van der Waals surface area contributed by atoms with Gasteiger partial charge in [0, 0.05) is 18.3 Å². The molecule has 1 aliphatic heterocycles. The van der Waals surface area contributed by atoms with Gasteiger partial charge in [-0.1, -0.05) is 54.6 Å². The molecule has 29 heavy (non-hydrogen) atoms. The summed E-state index contributed by atoms with van der Waals surface area (Å²) in [7, 11) is 0. The third-order valence-corrected chi connectivity index (χ3v) is 7.06. The predicted octanol–water partition coefficient (Wildman–Crippen LogP) is 5.38. The van der Waals surface area contributed by atoms with Crippen LogP contribution < -0.4 is 0 Å². The first-order valence-electron chi connectivity index (χ1n) is 9.43.